The second kappa shape index (κ2) is 11.7. The van der Waals surface area contributed by atoms with Crippen molar-refractivity contribution in [3.05, 3.63) is 35.9 Å². The lowest BCUT2D eigenvalue weighted by molar-refractivity contribution is -0.146. The van der Waals surface area contributed by atoms with Crippen LogP contribution in [0.2, 0.25) is 0 Å². The summed E-state index contributed by atoms with van der Waals surface area (Å²) >= 11 is 0. The highest BCUT2D eigenvalue weighted by Crippen LogP contribution is 2.22. The van der Waals surface area contributed by atoms with Crippen LogP contribution in [0.4, 0.5) is 0 Å². The monoisotopic (exact) mass is 391 g/mol. The second-order valence-corrected chi connectivity index (χ2v) is 6.41. The number of piperidine rings is 1. The number of nitrogens with zero attached hydrogens (tertiary/aromatic N) is 1. The molecule has 0 radical (unpaired) electrons. The molecule has 1 heterocycles. The fraction of sp³-hybridized carbons (Fsp3) is 0.611. The van der Waals surface area contributed by atoms with Gasteiger partial charge in [0.05, 0.1) is 0 Å². The minimum absolute atomic E-state index is 0. The number of benzene rings is 1. The van der Waals surface area contributed by atoms with Crippen LogP contribution in [0, 0.1) is 0 Å². The molecular weight excluding hydrogens is 361 g/mol. The average Bonchev–Trinajstić information content (AvgIpc) is 2.60. The van der Waals surface area contributed by atoms with Crippen molar-refractivity contribution in [1.82, 2.24) is 15.5 Å². The van der Waals surface area contributed by atoms with Gasteiger partial charge in [0.15, 0.2) is 0 Å². The zero-order valence-corrected chi connectivity index (χ0v) is 16.9. The van der Waals surface area contributed by atoms with Gasteiger partial charge in [-0.2, -0.15) is 0 Å². The number of nitrogens with one attached hydrogen (secondary N) is 2. The summed E-state index contributed by atoms with van der Waals surface area (Å²) in [5.74, 6) is 0.0152. The Labute approximate surface area is 163 Å². The summed E-state index contributed by atoms with van der Waals surface area (Å²) in [7, 11) is 3.72. The third-order valence-corrected chi connectivity index (χ3v) is 4.80. The molecule has 5 nitrogen and oxygen atoms in total. The van der Waals surface area contributed by atoms with Gasteiger partial charge in [0.1, 0.15) is 5.60 Å². The third-order valence-electron chi connectivity index (χ3n) is 4.80. The topological polar surface area (TPSA) is 53.6 Å². The predicted molar refractivity (Wildman–Crippen MR) is 107 cm³/mol. The summed E-state index contributed by atoms with van der Waals surface area (Å²) in [5.41, 5.74) is 0.614. The van der Waals surface area contributed by atoms with Crippen molar-refractivity contribution in [3.63, 3.8) is 0 Å². The standard InChI is InChI=1S/C18H29N3O2.2ClH/c1-15(21(2)14-16-7-5-4-6-8-16)13-20-17(22)18(23-3)9-11-19-12-10-18;;/h4-8,15,19H,9-14H2,1-3H3,(H,20,22);2*1H. The minimum atomic E-state index is -0.664. The van der Waals surface area contributed by atoms with E-state index >= 15 is 0 Å². The number of carbonyl (C=O) groups excluding carboxylic acids is 1. The Morgan fingerprint density at radius 3 is 2.44 bits per heavy atom. The number of likely N-dealkylation sites (N-methyl/N-ethyl adjacent to an activating group) is 1. The van der Waals surface area contributed by atoms with Crippen LogP contribution in [-0.4, -0.2) is 56.2 Å². The lowest BCUT2D eigenvalue weighted by Gasteiger charge is -2.35. The number of carbonyl (C=O) groups is 1. The van der Waals surface area contributed by atoms with E-state index in [9.17, 15) is 4.79 Å². The van der Waals surface area contributed by atoms with E-state index in [1.54, 1.807) is 7.11 Å². The molecule has 0 aromatic heterocycles. The highest BCUT2D eigenvalue weighted by atomic mass is 35.5. The van der Waals surface area contributed by atoms with E-state index in [1.165, 1.54) is 5.56 Å². The maximum Gasteiger partial charge on any atom is 0.252 e. The van der Waals surface area contributed by atoms with Gasteiger partial charge in [-0.15, -0.1) is 24.8 Å². The molecule has 1 aromatic carbocycles. The van der Waals surface area contributed by atoms with Gasteiger partial charge in [0, 0.05) is 26.2 Å². The van der Waals surface area contributed by atoms with Crippen LogP contribution in [0.15, 0.2) is 30.3 Å². The van der Waals surface area contributed by atoms with E-state index in [4.69, 9.17) is 4.74 Å². The SMILES string of the molecule is COC1(C(=O)NCC(C)N(C)Cc2ccccc2)CCNCC1.Cl.Cl. The van der Waals surface area contributed by atoms with Crippen molar-refractivity contribution in [2.45, 2.75) is 38.0 Å². The van der Waals surface area contributed by atoms with Crippen LogP contribution in [0.25, 0.3) is 0 Å². The Hall–Kier alpha value is -0.850. The molecule has 7 heteroatoms. The summed E-state index contributed by atoms with van der Waals surface area (Å²) in [5, 5.41) is 6.35. The fourth-order valence-corrected chi connectivity index (χ4v) is 2.94. The molecule has 0 aliphatic carbocycles. The maximum absolute atomic E-state index is 12.6. The Morgan fingerprint density at radius 2 is 1.88 bits per heavy atom. The molecule has 144 valence electrons. The van der Waals surface area contributed by atoms with E-state index < -0.39 is 5.60 Å². The second-order valence-electron chi connectivity index (χ2n) is 6.41. The Kier molecular flexibility index (Phi) is 11.3. The van der Waals surface area contributed by atoms with E-state index in [1.807, 2.05) is 6.07 Å². The Balaban J connectivity index is 0.00000288. The van der Waals surface area contributed by atoms with Crippen LogP contribution < -0.4 is 10.6 Å². The summed E-state index contributed by atoms with van der Waals surface area (Å²) < 4.78 is 5.56. The van der Waals surface area contributed by atoms with Crippen LogP contribution in [-0.2, 0) is 16.1 Å². The normalized spacial score (nSPS) is 17.1. The smallest absolute Gasteiger partial charge is 0.252 e. The Morgan fingerprint density at radius 1 is 1.28 bits per heavy atom. The van der Waals surface area contributed by atoms with Crippen LogP contribution in [0.3, 0.4) is 0 Å². The van der Waals surface area contributed by atoms with Gasteiger partial charge in [-0.1, -0.05) is 30.3 Å². The van der Waals surface area contributed by atoms with Crippen LogP contribution in [0.5, 0.6) is 0 Å². The first-order valence-electron chi connectivity index (χ1n) is 8.36. The molecule has 25 heavy (non-hydrogen) atoms. The predicted octanol–water partition coefficient (Wildman–Crippen LogP) is 2.24. The highest BCUT2D eigenvalue weighted by molar-refractivity contribution is 5.86. The molecule has 1 atom stereocenters. The van der Waals surface area contributed by atoms with E-state index in [2.05, 4.69) is 53.8 Å². The number of amides is 1. The number of hydrogen-bond donors (Lipinski definition) is 2. The average molecular weight is 392 g/mol. The third kappa shape index (κ3) is 6.76. The minimum Gasteiger partial charge on any atom is -0.368 e. The van der Waals surface area contributed by atoms with Gasteiger partial charge in [-0.25, -0.2) is 0 Å². The van der Waals surface area contributed by atoms with Gasteiger partial charge in [-0.3, -0.25) is 9.69 Å². The van der Waals surface area contributed by atoms with Crippen molar-refractivity contribution in [3.8, 4) is 0 Å². The van der Waals surface area contributed by atoms with Gasteiger partial charge in [0.2, 0.25) is 0 Å². The van der Waals surface area contributed by atoms with Crippen LogP contribution >= 0.6 is 24.8 Å². The van der Waals surface area contributed by atoms with Crippen molar-refractivity contribution in [2.24, 2.45) is 0 Å². The molecule has 0 spiro atoms. The molecule has 2 N–H and O–H groups in total. The molecule has 2 rings (SSSR count). The maximum atomic E-state index is 12.6. The number of ether oxygens (including phenoxy) is 1. The quantitative estimate of drug-likeness (QED) is 0.748. The summed E-state index contributed by atoms with van der Waals surface area (Å²) in [6.45, 7) is 5.28. The molecule has 1 fully saturated rings. The summed E-state index contributed by atoms with van der Waals surface area (Å²) in [6, 6.07) is 10.6. The largest absolute Gasteiger partial charge is 0.368 e. The summed E-state index contributed by atoms with van der Waals surface area (Å²) in [6.07, 6.45) is 1.45. The Bertz CT molecular complexity index is 496. The first kappa shape index (κ1) is 24.1. The number of halogens is 2. The highest BCUT2D eigenvalue weighted by Gasteiger charge is 2.39. The fourth-order valence-electron chi connectivity index (χ4n) is 2.94. The van der Waals surface area contributed by atoms with Crippen molar-refractivity contribution < 1.29 is 9.53 Å². The zero-order valence-electron chi connectivity index (χ0n) is 15.3. The molecule has 1 aliphatic heterocycles. The number of methoxy groups -OCH3 is 1. The number of rotatable bonds is 7. The van der Waals surface area contributed by atoms with Gasteiger partial charge < -0.3 is 15.4 Å². The van der Waals surface area contributed by atoms with Crippen molar-refractivity contribution in [2.75, 3.05) is 33.8 Å². The molecular formula is C18H31Cl2N3O2. The van der Waals surface area contributed by atoms with E-state index in [0.717, 1.165) is 32.5 Å². The zero-order chi connectivity index (χ0) is 16.7. The van der Waals surface area contributed by atoms with Crippen molar-refractivity contribution >= 4 is 30.7 Å². The molecule has 1 saturated heterocycles. The molecule has 1 aliphatic rings. The first-order chi connectivity index (χ1) is 11.1. The van der Waals surface area contributed by atoms with Crippen molar-refractivity contribution in [1.29, 1.82) is 0 Å². The molecule has 1 amide bonds. The van der Waals surface area contributed by atoms with Crippen LogP contribution in [0.1, 0.15) is 25.3 Å². The molecule has 1 unspecified atom stereocenters. The molecule has 1 aromatic rings. The summed E-state index contributed by atoms with van der Waals surface area (Å²) in [4.78, 5) is 14.8. The number of hydrogen-bond acceptors (Lipinski definition) is 4. The molecule has 0 saturated carbocycles. The van der Waals surface area contributed by atoms with Gasteiger partial charge in [0.25, 0.3) is 5.91 Å². The van der Waals surface area contributed by atoms with E-state index in [0.29, 0.717) is 6.54 Å². The van der Waals surface area contributed by atoms with Gasteiger partial charge in [-0.05, 0) is 45.5 Å². The lowest BCUT2D eigenvalue weighted by atomic mass is 9.91. The van der Waals surface area contributed by atoms with Gasteiger partial charge >= 0.3 is 0 Å². The molecule has 0 bridgehead atoms. The lowest BCUT2D eigenvalue weighted by Crippen LogP contribution is -2.55. The van der Waals surface area contributed by atoms with E-state index in [-0.39, 0.29) is 36.8 Å². The first-order valence-corrected chi connectivity index (χ1v) is 8.36.